The van der Waals surface area contributed by atoms with Crippen LogP contribution in [0.25, 0.3) is 11.1 Å². The summed E-state index contributed by atoms with van der Waals surface area (Å²) in [6.07, 6.45) is 0.966. The van der Waals surface area contributed by atoms with Crippen LogP contribution in [0.3, 0.4) is 0 Å². The Morgan fingerprint density at radius 2 is 1.88 bits per heavy atom. The molecule has 2 heterocycles. The highest BCUT2D eigenvalue weighted by Crippen LogP contribution is 2.24. The first-order valence-electron chi connectivity index (χ1n) is 6.74. The van der Waals surface area contributed by atoms with E-state index in [1.54, 1.807) is 5.32 Å². The van der Waals surface area contributed by atoms with Crippen LogP contribution in [-0.2, 0) is 11.3 Å². The zero-order valence-corrected chi connectivity index (χ0v) is 12.4. The monoisotopic (exact) mass is 356 g/mol. The van der Waals surface area contributed by atoms with Crippen molar-refractivity contribution in [2.45, 2.75) is 13.5 Å². The van der Waals surface area contributed by atoms with E-state index in [-0.39, 0.29) is 22.9 Å². The number of nitrogens with one attached hydrogen (secondary N) is 1. The summed E-state index contributed by atoms with van der Waals surface area (Å²) in [6.45, 7) is 0.781. The third-order valence-corrected chi connectivity index (χ3v) is 3.32. The molecule has 1 aromatic carbocycles. The van der Waals surface area contributed by atoms with Gasteiger partial charge in [-0.25, -0.2) is 22.5 Å². The third kappa shape index (κ3) is 2.84. The Balaban J connectivity index is 1.91. The summed E-state index contributed by atoms with van der Waals surface area (Å²) in [4.78, 5) is 27.9. The maximum Gasteiger partial charge on any atom is 0.267 e. The first kappa shape index (κ1) is 16.6. The Kier molecular flexibility index (Phi) is 3.99. The number of halogens is 4. The highest BCUT2D eigenvalue weighted by molar-refractivity contribution is 5.91. The average molecular weight is 356 g/mol. The van der Waals surface area contributed by atoms with Crippen LogP contribution >= 0.6 is 0 Å². The second-order valence-corrected chi connectivity index (χ2v) is 5.02. The molecule has 1 amide bonds. The van der Waals surface area contributed by atoms with E-state index in [0.29, 0.717) is 0 Å². The summed E-state index contributed by atoms with van der Waals surface area (Å²) in [5.41, 5.74) is -1.76. The van der Waals surface area contributed by atoms with Gasteiger partial charge in [-0.3, -0.25) is 14.2 Å². The maximum absolute atomic E-state index is 13.5. The molecule has 1 N–H and O–H groups in total. The van der Waals surface area contributed by atoms with Crippen molar-refractivity contribution in [1.29, 1.82) is 0 Å². The van der Waals surface area contributed by atoms with Gasteiger partial charge in [0, 0.05) is 6.07 Å². The second-order valence-electron chi connectivity index (χ2n) is 5.02. The number of carbonyl (C=O) groups is 1. The molecule has 0 unspecified atom stereocenters. The van der Waals surface area contributed by atoms with Gasteiger partial charge in [0.15, 0.2) is 23.3 Å². The fourth-order valence-corrected chi connectivity index (χ4v) is 2.14. The number of rotatable bonds is 3. The normalized spacial score (nSPS) is 11.1. The van der Waals surface area contributed by atoms with E-state index >= 15 is 0 Å². The molecule has 0 fully saturated rings. The molecule has 0 saturated carbocycles. The minimum absolute atomic E-state index is 0.0113. The van der Waals surface area contributed by atoms with Crippen molar-refractivity contribution in [3.8, 4) is 0 Å². The van der Waals surface area contributed by atoms with Gasteiger partial charge >= 0.3 is 0 Å². The zero-order chi connectivity index (χ0) is 18.3. The molecular formula is C14H8F4N4O3. The lowest BCUT2D eigenvalue weighted by Crippen LogP contribution is -2.28. The van der Waals surface area contributed by atoms with Crippen LogP contribution in [0, 0.1) is 30.2 Å². The van der Waals surface area contributed by atoms with E-state index in [0.717, 1.165) is 10.9 Å². The molecule has 3 rings (SSSR count). The van der Waals surface area contributed by atoms with Crippen LogP contribution in [-0.4, -0.2) is 20.6 Å². The van der Waals surface area contributed by atoms with Gasteiger partial charge < -0.3 is 9.84 Å². The number of amides is 1. The molecule has 0 bridgehead atoms. The van der Waals surface area contributed by atoms with Gasteiger partial charge in [0.2, 0.25) is 5.91 Å². The number of anilines is 1. The SMILES string of the molecule is Cc1noc2ncn(CC(=O)Nc3c(F)c(F)cc(F)c3F)c(=O)c12. The Hall–Kier alpha value is -3.24. The van der Waals surface area contributed by atoms with Crippen LogP contribution in [0.15, 0.2) is 21.7 Å². The van der Waals surface area contributed by atoms with Crippen LogP contribution < -0.4 is 10.9 Å². The summed E-state index contributed by atoms with van der Waals surface area (Å²) in [6, 6.07) is 0.0113. The molecule has 0 atom stereocenters. The predicted molar refractivity (Wildman–Crippen MR) is 75.7 cm³/mol. The zero-order valence-electron chi connectivity index (χ0n) is 12.4. The minimum atomic E-state index is -1.76. The average Bonchev–Trinajstić information content (AvgIpc) is 2.94. The van der Waals surface area contributed by atoms with Crippen molar-refractivity contribution >= 4 is 22.7 Å². The lowest BCUT2D eigenvalue weighted by molar-refractivity contribution is -0.116. The number of aromatic nitrogens is 3. The molecule has 0 radical (unpaired) electrons. The van der Waals surface area contributed by atoms with Gasteiger partial charge in [-0.1, -0.05) is 5.16 Å². The number of carbonyl (C=O) groups excluding carboxylic acids is 1. The molecule has 2 aromatic heterocycles. The summed E-state index contributed by atoms with van der Waals surface area (Å²) < 4.78 is 59.0. The van der Waals surface area contributed by atoms with Crippen molar-refractivity contribution in [3.05, 3.63) is 51.7 Å². The standard InChI is InChI=1S/C14H8F4N4O3/c1-5-9-13(25-21-5)19-4-22(14(9)24)3-8(23)20-12-10(17)6(15)2-7(16)11(12)18/h2,4H,3H2,1H3,(H,20,23). The van der Waals surface area contributed by atoms with Crippen LogP contribution in [0.2, 0.25) is 0 Å². The number of hydrogen-bond donors (Lipinski definition) is 1. The van der Waals surface area contributed by atoms with Crippen molar-refractivity contribution in [1.82, 2.24) is 14.7 Å². The highest BCUT2D eigenvalue weighted by atomic mass is 19.2. The van der Waals surface area contributed by atoms with E-state index in [2.05, 4.69) is 10.1 Å². The van der Waals surface area contributed by atoms with Crippen LogP contribution in [0.1, 0.15) is 5.69 Å². The van der Waals surface area contributed by atoms with E-state index < -0.39 is 47.0 Å². The Bertz CT molecular complexity index is 1030. The molecular weight excluding hydrogens is 348 g/mol. The Labute approximate surface area is 135 Å². The van der Waals surface area contributed by atoms with Gasteiger partial charge in [0.05, 0.1) is 5.69 Å². The fourth-order valence-electron chi connectivity index (χ4n) is 2.14. The third-order valence-electron chi connectivity index (χ3n) is 3.32. The van der Waals surface area contributed by atoms with E-state index in [1.807, 2.05) is 0 Å². The molecule has 3 aromatic rings. The lowest BCUT2D eigenvalue weighted by Gasteiger charge is -2.09. The predicted octanol–water partition coefficient (Wildman–Crippen LogP) is 1.89. The summed E-state index contributed by atoms with van der Waals surface area (Å²) >= 11 is 0. The van der Waals surface area contributed by atoms with Crippen molar-refractivity contribution < 1.29 is 26.9 Å². The lowest BCUT2D eigenvalue weighted by atomic mass is 10.2. The number of aryl methyl sites for hydroxylation is 1. The molecule has 11 heteroatoms. The van der Waals surface area contributed by atoms with E-state index in [9.17, 15) is 27.2 Å². The number of benzene rings is 1. The van der Waals surface area contributed by atoms with Crippen molar-refractivity contribution in [2.75, 3.05) is 5.32 Å². The molecule has 0 spiro atoms. The fraction of sp³-hybridized carbons (Fsp3) is 0.143. The quantitative estimate of drug-likeness (QED) is 0.572. The number of hydrogen-bond acceptors (Lipinski definition) is 5. The minimum Gasteiger partial charge on any atom is -0.335 e. The molecule has 0 saturated heterocycles. The summed E-state index contributed by atoms with van der Waals surface area (Å²) in [5.74, 6) is -7.96. The smallest absolute Gasteiger partial charge is 0.267 e. The molecule has 0 aliphatic carbocycles. The summed E-state index contributed by atoms with van der Waals surface area (Å²) in [5, 5.41) is 5.28. The molecule has 7 nitrogen and oxygen atoms in total. The van der Waals surface area contributed by atoms with Crippen molar-refractivity contribution in [3.63, 3.8) is 0 Å². The summed E-state index contributed by atoms with van der Waals surface area (Å²) in [7, 11) is 0. The van der Waals surface area contributed by atoms with Gasteiger partial charge in [-0.2, -0.15) is 0 Å². The van der Waals surface area contributed by atoms with Gasteiger partial charge in [0.25, 0.3) is 11.3 Å². The van der Waals surface area contributed by atoms with Gasteiger partial charge in [-0.15, -0.1) is 0 Å². The van der Waals surface area contributed by atoms with E-state index in [4.69, 9.17) is 4.52 Å². The van der Waals surface area contributed by atoms with Gasteiger partial charge in [0.1, 0.15) is 23.9 Å². The van der Waals surface area contributed by atoms with Crippen LogP contribution in [0.4, 0.5) is 23.2 Å². The Morgan fingerprint density at radius 3 is 2.52 bits per heavy atom. The Morgan fingerprint density at radius 1 is 1.24 bits per heavy atom. The maximum atomic E-state index is 13.5. The molecule has 0 aliphatic rings. The molecule has 130 valence electrons. The highest BCUT2D eigenvalue weighted by Gasteiger charge is 2.21. The largest absolute Gasteiger partial charge is 0.335 e. The number of fused-ring (bicyclic) bond motifs is 1. The molecule has 25 heavy (non-hydrogen) atoms. The van der Waals surface area contributed by atoms with Gasteiger partial charge in [-0.05, 0) is 6.92 Å². The van der Waals surface area contributed by atoms with Crippen molar-refractivity contribution in [2.24, 2.45) is 0 Å². The molecule has 0 aliphatic heterocycles. The first-order chi connectivity index (χ1) is 11.8. The topological polar surface area (TPSA) is 90.0 Å². The van der Waals surface area contributed by atoms with E-state index in [1.165, 1.54) is 6.92 Å². The second kappa shape index (κ2) is 6.00. The first-order valence-corrected chi connectivity index (χ1v) is 6.74. The number of nitrogens with zero attached hydrogens (tertiary/aromatic N) is 3. The van der Waals surface area contributed by atoms with Crippen LogP contribution in [0.5, 0.6) is 0 Å².